The van der Waals surface area contributed by atoms with E-state index in [9.17, 15) is 17.4 Å². The lowest BCUT2D eigenvalue weighted by Gasteiger charge is -2.15. The second kappa shape index (κ2) is 7.80. The molecular weight excluding hydrogens is 402 g/mol. The van der Waals surface area contributed by atoms with Gasteiger partial charge in [-0.15, -0.1) is 0 Å². The third-order valence-corrected chi connectivity index (χ3v) is 6.85. The zero-order chi connectivity index (χ0) is 19.6. The molecule has 0 aliphatic carbocycles. The molecule has 0 fully saturated rings. The summed E-state index contributed by atoms with van der Waals surface area (Å²) in [5.74, 6) is -0.520. The Hall–Kier alpha value is -1.85. The molecule has 0 saturated carbocycles. The minimum atomic E-state index is -3.68. The van der Waals surface area contributed by atoms with Crippen molar-refractivity contribution in [3.05, 3.63) is 22.7 Å². The van der Waals surface area contributed by atoms with Gasteiger partial charge in [0.05, 0.1) is 31.2 Å². The van der Waals surface area contributed by atoms with Crippen LogP contribution in [0, 0.1) is 0 Å². The van der Waals surface area contributed by atoms with Crippen LogP contribution in [0.2, 0.25) is 5.02 Å². The number of hydrogen-bond acceptors (Lipinski definition) is 7. The number of aromatic nitrogens is 4. The topological polar surface area (TPSA) is 124 Å². The van der Waals surface area contributed by atoms with Crippen molar-refractivity contribution in [2.75, 3.05) is 11.6 Å². The molecule has 1 amide bonds. The van der Waals surface area contributed by atoms with Gasteiger partial charge in [-0.05, 0) is 29.5 Å². The third kappa shape index (κ3) is 4.10. The maximum Gasteiger partial charge on any atom is 0.259 e. The average Bonchev–Trinajstić information content (AvgIpc) is 2.99. The highest BCUT2D eigenvalue weighted by atomic mass is 35.5. The van der Waals surface area contributed by atoms with Gasteiger partial charge in [-0.2, -0.15) is 0 Å². The molecule has 0 aliphatic heterocycles. The summed E-state index contributed by atoms with van der Waals surface area (Å²) in [4.78, 5) is 12.3. The number of hydrogen-bond donors (Lipinski definition) is 1. The first-order valence-corrected chi connectivity index (χ1v) is 11.1. The maximum absolute atomic E-state index is 12.6. The summed E-state index contributed by atoms with van der Waals surface area (Å²) < 4.78 is 38.0. The van der Waals surface area contributed by atoms with Crippen molar-refractivity contribution < 1.29 is 17.4 Å². The van der Waals surface area contributed by atoms with Crippen LogP contribution in [0.3, 0.4) is 0 Å². The molecule has 0 radical (unpaired) electrons. The molecule has 1 aromatic heterocycles. The Morgan fingerprint density at radius 2 is 2.04 bits per heavy atom. The molecule has 2 rings (SSSR count). The Bertz CT molecular complexity index is 972. The summed E-state index contributed by atoms with van der Waals surface area (Å²) in [6.45, 7) is 5.57. The monoisotopic (exact) mass is 419 g/mol. The van der Waals surface area contributed by atoms with Gasteiger partial charge in [0.15, 0.2) is 9.84 Å². The Morgan fingerprint density at radius 1 is 1.38 bits per heavy atom. The van der Waals surface area contributed by atoms with Gasteiger partial charge in [-0.25, -0.2) is 13.1 Å². The molecule has 1 unspecified atom stereocenters. The van der Waals surface area contributed by atoms with Crippen LogP contribution in [0.4, 0.5) is 5.95 Å². The molecule has 0 bridgehead atoms. The first-order valence-electron chi connectivity index (χ1n) is 7.58. The van der Waals surface area contributed by atoms with E-state index in [4.69, 9.17) is 11.6 Å². The summed E-state index contributed by atoms with van der Waals surface area (Å²) in [6.07, 6.45) is 0.995. The van der Waals surface area contributed by atoms with Gasteiger partial charge in [0.2, 0.25) is 5.95 Å². The molecule has 1 heterocycles. The van der Waals surface area contributed by atoms with Crippen LogP contribution in [0.5, 0.6) is 0 Å². The molecule has 2 aromatic rings. The Kier molecular flexibility index (Phi) is 6.14. The van der Waals surface area contributed by atoms with Crippen LogP contribution in [0.25, 0.3) is 0 Å². The van der Waals surface area contributed by atoms with Gasteiger partial charge in [0, 0.05) is 18.1 Å². The number of rotatable bonds is 6. The van der Waals surface area contributed by atoms with Crippen molar-refractivity contribution in [3.63, 3.8) is 0 Å². The molecule has 12 heteroatoms. The summed E-state index contributed by atoms with van der Waals surface area (Å²) in [6, 6.07) is 2.50. The number of aryl methyl sites for hydroxylation is 1. The van der Waals surface area contributed by atoms with Crippen LogP contribution in [0.1, 0.15) is 31.1 Å². The highest BCUT2D eigenvalue weighted by Gasteiger charge is 2.27. The summed E-state index contributed by atoms with van der Waals surface area (Å²) in [5.41, 5.74) is -0.0197. The fourth-order valence-electron chi connectivity index (χ4n) is 2.10. The Morgan fingerprint density at radius 3 is 2.58 bits per heavy atom. The van der Waals surface area contributed by atoms with Gasteiger partial charge in [-0.3, -0.25) is 14.3 Å². The van der Waals surface area contributed by atoms with E-state index in [1.807, 2.05) is 0 Å². The Labute approximate surface area is 158 Å². The highest BCUT2D eigenvalue weighted by molar-refractivity contribution is 7.92. The lowest BCUT2D eigenvalue weighted by molar-refractivity contribution is 0.102. The van der Waals surface area contributed by atoms with E-state index in [0.29, 0.717) is 6.54 Å². The number of tetrazole rings is 1. The normalized spacial score (nSPS) is 13.0. The number of carbonyl (C=O) groups excluding carboxylic acids is 1. The van der Waals surface area contributed by atoms with Gasteiger partial charge >= 0.3 is 0 Å². The molecule has 0 saturated heterocycles. The van der Waals surface area contributed by atoms with Gasteiger partial charge in [-0.1, -0.05) is 30.5 Å². The molecular formula is C14H18ClN5O4S2. The van der Waals surface area contributed by atoms with Crippen molar-refractivity contribution in [1.82, 2.24) is 20.2 Å². The van der Waals surface area contributed by atoms with E-state index in [1.165, 1.54) is 16.8 Å². The smallest absolute Gasteiger partial charge is 0.259 e. The molecule has 9 nitrogen and oxygen atoms in total. The predicted molar refractivity (Wildman–Crippen MR) is 97.6 cm³/mol. The van der Waals surface area contributed by atoms with Crippen molar-refractivity contribution in [3.8, 4) is 0 Å². The molecule has 26 heavy (non-hydrogen) atoms. The maximum atomic E-state index is 12.6. The number of nitrogens with zero attached hydrogens (tertiary/aromatic N) is 4. The number of halogens is 1. The zero-order valence-corrected chi connectivity index (χ0v) is 16.9. The number of amides is 1. The molecule has 142 valence electrons. The van der Waals surface area contributed by atoms with Gasteiger partial charge in [0.1, 0.15) is 0 Å². The second-order valence-corrected chi connectivity index (χ2v) is 9.95. The standard InChI is InChI=1S/C14H18ClN5O4S2/c1-5-20-14(17-18-19-20)16-13(21)9-6-7-10(26(4,23)24)12(11(9)15)25(22)8(2)3/h6-8H,5H2,1-4H3,(H,16,17,19,21). The SMILES string of the molecule is CCn1nnnc1NC(=O)c1ccc(S(C)(=O)=O)c(S(=O)C(C)C)c1Cl. The summed E-state index contributed by atoms with van der Waals surface area (Å²) >= 11 is 6.29. The van der Waals surface area contributed by atoms with Crippen molar-refractivity contribution in [2.45, 2.75) is 42.4 Å². The van der Waals surface area contributed by atoms with Crippen LogP contribution >= 0.6 is 11.6 Å². The van der Waals surface area contributed by atoms with E-state index >= 15 is 0 Å². The van der Waals surface area contributed by atoms with E-state index < -0.39 is 31.8 Å². The van der Waals surface area contributed by atoms with E-state index in [0.717, 1.165) is 6.26 Å². The zero-order valence-electron chi connectivity index (χ0n) is 14.6. The first-order chi connectivity index (χ1) is 12.1. The number of anilines is 1. The lowest BCUT2D eigenvalue weighted by Crippen LogP contribution is -2.19. The van der Waals surface area contributed by atoms with E-state index in [-0.39, 0.29) is 26.3 Å². The van der Waals surface area contributed by atoms with Crippen molar-refractivity contribution in [1.29, 1.82) is 0 Å². The lowest BCUT2D eigenvalue weighted by atomic mass is 10.2. The van der Waals surface area contributed by atoms with E-state index in [1.54, 1.807) is 20.8 Å². The average molecular weight is 420 g/mol. The summed E-state index contributed by atoms with van der Waals surface area (Å²) in [7, 11) is -5.40. The number of carbonyl (C=O) groups is 1. The number of benzene rings is 1. The third-order valence-electron chi connectivity index (χ3n) is 3.39. The largest absolute Gasteiger partial charge is 0.289 e. The minimum absolute atomic E-state index is 0.0197. The quantitative estimate of drug-likeness (QED) is 0.752. The van der Waals surface area contributed by atoms with Crippen molar-refractivity contribution >= 4 is 44.1 Å². The molecule has 1 atom stereocenters. The summed E-state index contributed by atoms with van der Waals surface area (Å²) in [5, 5.41) is 12.8. The number of sulfone groups is 1. The van der Waals surface area contributed by atoms with Crippen LogP contribution in [-0.4, -0.2) is 50.2 Å². The highest BCUT2D eigenvalue weighted by Crippen LogP contribution is 2.32. The van der Waals surface area contributed by atoms with Crippen LogP contribution in [-0.2, 0) is 27.2 Å². The second-order valence-electron chi connectivity index (χ2n) is 5.65. The van der Waals surface area contributed by atoms with Crippen molar-refractivity contribution in [2.24, 2.45) is 0 Å². The van der Waals surface area contributed by atoms with Gasteiger partial charge < -0.3 is 0 Å². The molecule has 0 spiro atoms. The number of nitrogens with one attached hydrogen (secondary N) is 1. The van der Waals surface area contributed by atoms with E-state index in [2.05, 4.69) is 20.8 Å². The van der Waals surface area contributed by atoms with Crippen LogP contribution < -0.4 is 5.32 Å². The predicted octanol–water partition coefficient (Wildman–Crippen LogP) is 1.52. The molecule has 1 aromatic carbocycles. The molecule has 0 aliphatic rings. The first kappa shape index (κ1) is 20.5. The fraction of sp³-hybridized carbons (Fsp3) is 0.429. The van der Waals surface area contributed by atoms with Crippen LogP contribution in [0.15, 0.2) is 21.9 Å². The molecule has 1 N–H and O–H groups in total. The fourth-order valence-corrected chi connectivity index (χ4v) is 5.12. The van der Waals surface area contributed by atoms with Gasteiger partial charge in [0.25, 0.3) is 5.91 Å². The Balaban J connectivity index is 2.55. The minimum Gasteiger partial charge on any atom is -0.289 e.